The molecule has 0 saturated heterocycles. The number of carboxylic acids is 1. The van der Waals surface area contributed by atoms with Crippen LogP contribution < -0.4 is 5.32 Å². The second-order valence-corrected chi connectivity index (χ2v) is 4.24. The molecular weight excluding hydrogens is 279 g/mol. The number of anilines is 1. The number of aromatic carboxylic acids is 1. The highest BCUT2D eigenvalue weighted by molar-refractivity contribution is 5.94. The third kappa shape index (κ3) is 3.33. The molecule has 0 unspecified atom stereocenters. The predicted molar refractivity (Wildman–Crippen MR) is 73.8 cm³/mol. The number of hydrogen-bond acceptors (Lipinski definition) is 4. The van der Waals surface area contributed by atoms with E-state index in [2.05, 4.69) is 5.32 Å². The fraction of sp³-hybridized carbons (Fsp3) is 0.0714. The lowest BCUT2D eigenvalue weighted by molar-refractivity contribution is -0.384. The molecule has 2 N–H and O–H groups in total. The highest BCUT2D eigenvalue weighted by atomic mass is 19.1. The summed E-state index contributed by atoms with van der Waals surface area (Å²) < 4.78 is 13.5. The quantitative estimate of drug-likeness (QED) is 0.652. The van der Waals surface area contributed by atoms with Crippen molar-refractivity contribution in [3.63, 3.8) is 0 Å². The van der Waals surface area contributed by atoms with E-state index in [1.54, 1.807) is 12.1 Å². The average molecular weight is 290 g/mol. The van der Waals surface area contributed by atoms with Gasteiger partial charge >= 0.3 is 5.97 Å². The Morgan fingerprint density at radius 2 is 1.90 bits per heavy atom. The minimum atomic E-state index is -1.36. The maximum absolute atomic E-state index is 13.5. The summed E-state index contributed by atoms with van der Waals surface area (Å²) in [6, 6.07) is 9.72. The van der Waals surface area contributed by atoms with E-state index in [0.29, 0.717) is 5.56 Å². The fourth-order valence-electron chi connectivity index (χ4n) is 1.82. The predicted octanol–water partition coefficient (Wildman–Crippen LogP) is 3.04. The molecule has 2 aromatic carbocycles. The van der Waals surface area contributed by atoms with Gasteiger partial charge in [0.15, 0.2) is 0 Å². The Labute approximate surface area is 119 Å². The standard InChI is InChI=1S/C14H11FN2O4/c15-11-2-1-3-12(13(11)14(18)19)16-8-9-4-6-10(7-5-9)17(20)21/h1-7,16H,8H2,(H,18,19). The number of halogens is 1. The van der Waals surface area contributed by atoms with Gasteiger partial charge in [-0.2, -0.15) is 0 Å². The molecule has 0 spiro atoms. The topological polar surface area (TPSA) is 92.5 Å². The Morgan fingerprint density at radius 3 is 2.48 bits per heavy atom. The largest absolute Gasteiger partial charge is 0.478 e. The SMILES string of the molecule is O=C(O)c1c(F)cccc1NCc1ccc([N+](=O)[O-])cc1. The molecule has 0 bridgehead atoms. The lowest BCUT2D eigenvalue weighted by atomic mass is 10.1. The Morgan fingerprint density at radius 1 is 1.24 bits per heavy atom. The summed E-state index contributed by atoms with van der Waals surface area (Å²) in [5.41, 5.74) is 0.400. The Hall–Kier alpha value is -2.96. The molecule has 0 amide bonds. The van der Waals surface area contributed by atoms with Gasteiger partial charge in [-0.15, -0.1) is 0 Å². The summed E-state index contributed by atoms with van der Waals surface area (Å²) in [6.45, 7) is 0.224. The maximum atomic E-state index is 13.5. The summed E-state index contributed by atoms with van der Waals surface area (Å²) >= 11 is 0. The molecule has 2 rings (SSSR count). The van der Waals surface area contributed by atoms with Crippen molar-refractivity contribution in [2.24, 2.45) is 0 Å². The molecule has 0 heterocycles. The second-order valence-electron chi connectivity index (χ2n) is 4.24. The van der Waals surface area contributed by atoms with Crippen molar-refractivity contribution in [2.75, 3.05) is 5.32 Å². The molecule has 21 heavy (non-hydrogen) atoms. The molecule has 7 heteroatoms. The van der Waals surface area contributed by atoms with Crippen LogP contribution in [0.2, 0.25) is 0 Å². The van der Waals surface area contributed by atoms with Crippen molar-refractivity contribution >= 4 is 17.3 Å². The minimum absolute atomic E-state index is 0.0317. The summed E-state index contributed by atoms with van der Waals surface area (Å²) in [5.74, 6) is -2.18. The van der Waals surface area contributed by atoms with Crippen LogP contribution in [0, 0.1) is 15.9 Å². The third-order valence-electron chi connectivity index (χ3n) is 2.86. The van der Waals surface area contributed by atoms with E-state index >= 15 is 0 Å². The van der Waals surface area contributed by atoms with Crippen LogP contribution in [0.4, 0.5) is 15.8 Å². The third-order valence-corrected chi connectivity index (χ3v) is 2.86. The van der Waals surface area contributed by atoms with Gasteiger partial charge in [0, 0.05) is 18.7 Å². The van der Waals surface area contributed by atoms with Gasteiger partial charge in [0.05, 0.1) is 10.6 Å². The van der Waals surface area contributed by atoms with E-state index in [1.807, 2.05) is 0 Å². The first-order valence-corrected chi connectivity index (χ1v) is 5.98. The summed E-state index contributed by atoms with van der Waals surface area (Å²) in [7, 11) is 0. The number of non-ortho nitro benzene ring substituents is 1. The molecule has 0 saturated carbocycles. The maximum Gasteiger partial charge on any atom is 0.340 e. The van der Waals surface area contributed by atoms with E-state index in [1.165, 1.54) is 24.3 Å². The van der Waals surface area contributed by atoms with Gasteiger partial charge < -0.3 is 10.4 Å². The normalized spacial score (nSPS) is 10.1. The van der Waals surface area contributed by atoms with Gasteiger partial charge in [-0.25, -0.2) is 9.18 Å². The zero-order valence-electron chi connectivity index (χ0n) is 10.7. The Bertz CT molecular complexity index is 686. The molecule has 0 aliphatic heterocycles. The summed E-state index contributed by atoms with van der Waals surface area (Å²) in [6.07, 6.45) is 0. The van der Waals surface area contributed by atoms with Gasteiger partial charge in [-0.05, 0) is 17.7 Å². The van der Waals surface area contributed by atoms with Crippen LogP contribution in [-0.2, 0) is 6.54 Å². The van der Waals surface area contributed by atoms with Gasteiger partial charge in [0.25, 0.3) is 5.69 Å². The highest BCUT2D eigenvalue weighted by Gasteiger charge is 2.15. The van der Waals surface area contributed by atoms with Crippen molar-refractivity contribution < 1.29 is 19.2 Å². The van der Waals surface area contributed by atoms with Crippen molar-refractivity contribution in [1.29, 1.82) is 0 Å². The fourth-order valence-corrected chi connectivity index (χ4v) is 1.82. The first-order valence-electron chi connectivity index (χ1n) is 5.98. The van der Waals surface area contributed by atoms with Crippen LogP contribution in [-0.4, -0.2) is 16.0 Å². The second kappa shape index (κ2) is 6.00. The van der Waals surface area contributed by atoms with Crippen molar-refractivity contribution in [1.82, 2.24) is 0 Å². The number of hydrogen-bond donors (Lipinski definition) is 2. The number of carbonyl (C=O) groups is 1. The molecule has 108 valence electrons. The van der Waals surface area contributed by atoms with E-state index in [9.17, 15) is 19.3 Å². The van der Waals surface area contributed by atoms with Gasteiger partial charge in [0.2, 0.25) is 0 Å². The number of nitrogens with one attached hydrogen (secondary N) is 1. The lowest BCUT2D eigenvalue weighted by Crippen LogP contribution is -2.08. The van der Waals surface area contributed by atoms with Crippen LogP contribution in [0.15, 0.2) is 42.5 Å². The van der Waals surface area contributed by atoms with Crippen LogP contribution in [0.5, 0.6) is 0 Å². The average Bonchev–Trinajstić information content (AvgIpc) is 2.45. The van der Waals surface area contributed by atoms with Crippen molar-refractivity contribution in [3.8, 4) is 0 Å². The van der Waals surface area contributed by atoms with Crippen molar-refractivity contribution in [3.05, 3.63) is 69.5 Å². The van der Waals surface area contributed by atoms with Crippen molar-refractivity contribution in [2.45, 2.75) is 6.54 Å². The molecule has 0 aromatic heterocycles. The zero-order chi connectivity index (χ0) is 15.4. The van der Waals surface area contributed by atoms with E-state index < -0.39 is 22.3 Å². The summed E-state index contributed by atoms with van der Waals surface area (Å²) in [5, 5.41) is 22.3. The number of nitro benzene ring substituents is 1. The first kappa shape index (κ1) is 14.4. The molecule has 0 radical (unpaired) electrons. The Kier molecular flexibility index (Phi) is 4.13. The van der Waals surface area contributed by atoms with E-state index in [-0.39, 0.29) is 17.9 Å². The molecule has 2 aromatic rings. The molecule has 0 aliphatic carbocycles. The van der Waals surface area contributed by atoms with Gasteiger partial charge in [-0.3, -0.25) is 10.1 Å². The zero-order valence-corrected chi connectivity index (χ0v) is 10.7. The minimum Gasteiger partial charge on any atom is -0.478 e. The Balaban J connectivity index is 2.15. The van der Waals surface area contributed by atoms with Crippen LogP contribution >= 0.6 is 0 Å². The van der Waals surface area contributed by atoms with E-state index in [0.717, 1.165) is 6.07 Å². The molecule has 0 fully saturated rings. The van der Waals surface area contributed by atoms with Gasteiger partial charge in [0.1, 0.15) is 11.4 Å². The first-order chi connectivity index (χ1) is 9.99. The number of benzene rings is 2. The summed E-state index contributed by atoms with van der Waals surface area (Å²) in [4.78, 5) is 21.0. The number of rotatable bonds is 5. The number of carboxylic acid groups (broad SMARTS) is 1. The molecular formula is C14H11FN2O4. The molecule has 6 nitrogen and oxygen atoms in total. The smallest absolute Gasteiger partial charge is 0.340 e. The van der Waals surface area contributed by atoms with Crippen LogP contribution in [0.1, 0.15) is 15.9 Å². The van der Waals surface area contributed by atoms with Crippen LogP contribution in [0.25, 0.3) is 0 Å². The van der Waals surface area contributed by atoms with Gasteiger partial charge in [-0.1, -0.05) is 18.2 Å². The molecule has 0 atom stereocenters. The molecule has 0 aliphatic rings. The monoisotopic (exact) mass is 290 g/mol. The number of nitro groups is 1. The van der Waals surface area contributed by atoms with E-state index in [4.69, 9.17) is 5.11 Å². The van der Waals surface area contributed by atoms with Crippen LogP contribution in [0.3, 0.4) is 0 Å². The lowest BCUT2D eigenvalue weighted by Gasteiger charge is -2.10. The highest BCUT2D eigenvalue weighted by Crippen LogP contribution is 2.20. The number of nitrogens with zero attached hydrogens (tertiary/aromatic N) is 1.